The Hall–Kier alpha value is -2.84. The van der Waals surface area contributed by atoms with Gasteiger partial charge in [-0.05, 0) is 12.5 Å². The molecule has 1 aromatic rings. The molecule has 2 N–H and O–H groups in total. The number of amides is 1. The smallest absolute Gasteiger partial charge is 0.315 e. The van der Waals surface area contributed by atoms with Gasteiger partial charge in [0.2, 0.25) is 5.75 Å². The minimum absolute atomic E-state index is 0.0275. The fourth-order valence-electron chi connectivity index (χ4n) is 1.75. The Morgan fingerprint density at radius 3 is 2.50 bits per heavy atom. The first kappa shape index (κ1) is 17.2. The molecule has 0 heterocycles. The number of carboxylic acid groups (broad SMARTS) is 1. The van der Waals surface area contributed by atoms with Gasteiger partial charge in [-0.15, -0.1) is 0 Å². The average Bonchev–Trinajstić information content (AvgIpc) is 2.49. The molecule has 0 spiro atoms. The van der Waals surface area contributed by atoms with E-state index in [9.17, 15) is 19.7 Å². The Kier molecular flexibility index (Phi) is 6.11. The Bertz CT molecular complexity index is 586. The molecule has 1 amide bonds. The number of rotatable bonds is 8. The fourth-order valence-corrected chi connectivity index (χ4v) is 1.75. The summed E-state index contributed by atoms with van der Waals surface area (Å²) in [5.74, 6) is -1.53. The summed E-state index contributed by atoms with van der Waals surface area (Å²) >= 11 is 0. The van der Waals surface area contributed by atoms with Crippen LogP contribution in [0.3, 0.4) is 0 Å². The number of nitrogens with zero attached hydrogens (tertiary/aromatic N) is 1. The molecule has 0 bridgehead atoms. The summed E-state index contributed by atoms with van der Waals surface area (Å²) in [6.07, 6.45) is 0.183. The average molecular weight is 312 g/mol. The van der Waals surface area contributed by atoms with Crippen molar-refractivity contribution < 1.29 is 29.1 Å². The minimum Gasteiger partial charge on any atom is -0.493 e. The van der Waals surface area contributed by atoms with Crippen molar-refractivity contribution in [3.63, 3.8) is 0 Å². The normalized spacial score (nSPS) is 9.91. The number of aliphatic carboxylic acids is 1. The number of hydrogen-bond donors (Lipinski definition) is 2. The number of carboxylic acids is 1. The van der Waals surface area contributed by atoms with Crippen LogP contribution in [-0.4, -0.2) is 42.7 Å². The molecule has 0 aromatic heterocycles. The highest BCUT2D eigenvalue weighted by Gasteiger charge is 2.23. The van der Waals surface area contributed by atoms with Crippen molar-refractivity contribution in [1.82, 2.24) is 5.32 Å². The quantitative estimate of drug-likeness (QED) is 0.419. The predicted molar refractivity (Wildman–Crippen MR) is 75.4 cm³/mol. The van der Waals surface area contributed by atoms with Crippen molar-refractivity contribution in [1.29, 1.82) is 0 Å². The van der Waals surface area contributed by atoms with Gasteiger partial charge < -0.3 is 19.9 Å². The standard InChI is InChI=1S/C13H16N2O7/c1-21-10-7-8(6-9(15(19)20)12(10)22-2)13(18)14-5-3-4-11(16)17/h6-7H,3-5H2,1-2H3,(H,14,18)(H,16,17). The van der Waals surface area contributed by atoms with E-state index in [0.29, 0.717) is 0 Å². The van der Waals surface area contributed by atoms with Gasteiger partial charge in [0.05, 0.1) is 24.7 Å². The topological polar surface area (TPSA) is 128 Å². The van der Waals surface area contributed by atoms with Gasteiger partial charge in [0, 0.05) is 19.0 Å². The third-order valence-electron chi connectivity index (χ3n) is 2.77. The summed E-state index contributed by atoms with van der Waals surface area (Å²) in [5, 5.41) is 22.0. The van der Waals surface area contributed by atoms with Crippen LogP contribution < -0.4 is 14.8 Å². The maximum absolute atomic E-state index is 12.0. The highest BCUT2D eigenvalue weighted by molar-refractivity contribution is 5.96. The molecule has 0 atom stereocenters. The summed E-state index contributed by atoms with van der Waals surface area (Å²) in [6, 6.07) is 2.40. The number of nitrogens with one attached hydrogen (secondary N) is 1. The van der Waals surface area contributed by atoms with Crippen LogP contribution in [0.2, 0.25) is 0 Å². The second kappa shape index (κ2) is 7.81. The van der Waals surface area contributed by atoms with E-state index in [1.54, 1.807) is 0 Å². The van der Waals surface area contributed by atoms with E-state index in [2.05, 4.69) is 5.32 Å². The number of nitro groups is 1. The van der Waals surface area contributed by atoms with E-state index in [1.807, 2.05) is 0 Å². The third-order valence-corrected chi connectivity index (χ3v) is 2.77. The summed E-state index contributed by atoms with van der Waals surface area (Å²) in [7, 11) is 2.56. The molecule has 1 aromatic carbocycles. The van der Waals surface area contributed by atoms with Gasteiger partial charge in [0.25, 0.3) is 5.91 Å². The molecule has 0 unspecified atom stereocenters. The zero-order valence-corrected chi connectivity index (χ0v) is 12.1. The second-order valence-electron chi connectivity index (χ2n) is 4.24. The lowest BCUT2D eigenvalue weighted by Gasteiger charge is -2.10. The maximum atomic E-state index is 12.0. The van der Waals surface area contributed by atoms with Crippen molar-refractivity contribution in [2.45, 2.75) is 12.8 Å². The maximum Gasteiger partial charge on any atom is 0.315 e. The van der Waals surface area contributed by atoms with Crippen molar-refractivity contribution in [2.24, 2.45) is 0 Å². The van der Waals surface area contributed by atoms with Gasteiger partial charge in [-0.3, -0.25) is 19.7 Å². The molecule has 0 aliphatic rings. The van der Waals surface area contributed by atoms with Crippen LogP contribution in [-0.2, 0) is 4.79 Å². The molecule has 0 saturated carbocycles. The van der Waals surface area contributed by atoms with Crippen LogP contribution >= 0.6 is 0 Å². The lowest BCUT2D eigenvalue weighted by Crippen LogP contribution is -2.25. The molecule has 1 rings (SSSR count). The molecular weight excluding hydrogens is 296 g/mol. The Labute approximate surface area is 126 Å². The molecule has 9 nitrogen and oxygen atoms in total. The highest BCUT2D eigenvalue weighted by Crippen LogP contribution is 2.37. The van der Waals surface area contributed by atoms with Crippen molar-refractivity contribution >= 4 is 17.6 Å². The van der Waals surface area contributed by atoms with E-state index in [-0.39, 0.29) is 36.4 Å². The van der Waals surface area contributed by atoms with Crippen LogP contribution in [0.15, 0.2) is 12.1 Å². The van der Waals surface area contributed by atoms with Crippen LogP contribution in [0.4, 0.5) is 5.69 Å². The first-order valence-corrected chi connectivity index (χ1v) is 6.31. The van der Waals surface area contributed by atoms with E-state index in [0.717, 1.165) is 6.07 Å². The molecule has 0 aliphatic carbocycles. The Balaban J connectivity index is 2.94. The van der Waals surface area contributed by atoms with E-state index >= 15 is 0 Å². The SMILES string of the molecule is COc1cc(C(=O)NCCCC(=O)O)cc([N+](=O)[O-])c1OC. The lowest BCUT2D eigenvalue weighted by molar-refractivity contribution is -0.385. The molecule has 0 fully saturated rings. The zero-order valence-electron chi connectivity index (χ0n) is 12.1. The number of carbonyl (C=O) groups excluding carboxylic acids is 1. The first-order valence-electron chi connectivity index (χ1n) is 6.31. The van der Waals surface area contributed by atoms with Gasteiger partial charge in [-0.2, -0.15) is 0 Å². The van der Waals surface area contributed by atoms with Crippen molar-refractivity contribution in [3.05, 3.63) is 27.8 Å². The minimum atomic E-state index is -0.962. The van der Waals surface area contributed by atoms with Crippen LogP contribution in [0, 0.1) is 10.1 Å². The van der Waals surface area contributed by atoms with Gasteiger partial charge in [-0.25, -0.2) is 0 Å². The van der Waals surface area contributed by atoms with Gasteiger partial charge >= 0.3 is 11.7 Å². The van der Waals surface area contributed by atoms with E-state index in [4.69, 9.17) is 14.6 Å². The third kappa shape index (κ3) is 4.33. The summed E-state index contributed by atoms with van der Waals surface area (Å²) < 4.78 is 9.91. The molecular formula is C13H16N2O7. The van der Waals surface area contributed by atoms with E-state index < -0.39 is 22.5 Å². The van der Waals surface area contributed by atoms with Crippen molar-refractivity contribution in [2.75, 3.05) is 20.8 Å². The number of benzene rings is 1. The van der Waals surface area contributed by atoms with Crippen LogP contribution in [0.25, 0.3) is 0 Å². The van der Waals surface area contributed by atoms with E-state index in [1.165, 1.54) is 20.3 Å². The molecule has 22 heavy (non-hydrogen) atoms. The summed E-state index contributed by atoms with van der Waals surface area (Å²) in [5.41, 5.74) is -0.364. The molecule has 120 valence electrons. The molecule has 0 radical (unpaired) electrons. The molecule has 0 saturated heterocycles. The molecule has 9 heteroatoms. The number of nitro benzene ring substituents is 1. The summed E-state index contributed by atoms with van der Waals surface area (Å²) in [6.45, 7) is 0.146. The largest absolute Gasteiger partial charge is 0.493 e. The second-order valence-corrected chi connectivity index (χ2v) is 4.24. The summed E-state index contributed by atoms with van der Waals surface area (Å²) in [4.78, 5) is 32.7. The lowest BCUT2D eigenvalue weighted by atomic mass is 10.1. The van der Waals surface area contributed by atoms with Gasteiger partial charge in [0.1, 0.15) is 0 Å². The highest BCUT2D eigenvalue weighted by atomic mass is 16.6. The zero-order chi connectivity index (χ0) is 16.7. The molecule has 0 aliphatic heterocycles. The van der Waals surface area contributed by atoms with Crippen LogP contribution in [0.5, 0.6) is 11.5 Å². The predicted octanol–water partition coefficient (Wildman–Crippen LogP) is 1.21. The first-order chi connectivity index (χ1) is 10.4. The van der Waals surface area contributed by atoms with Crippen molar-refractivity contribution in [3.8, 4) is 11.5 Å². The number of ether oxygens (including phenoxy) is 2. The Morgan fingerprint density at radius 1 is 1.32 bits per heavy atom. The number of hydrogen-bond acceptors (Lipinski definition) is 6. The number of methoxy groups -OCH3 is 2. The van der Waals surface area contributed by atoms with Gasteiger partial charge in [0.15, 0.2) is 5.75 Å². The fraction of sp³-hybridized carbons (Fsp3) is 0.385. The monoisotopic (exact) mass is 312 g/mol. The van der Waals surface area contributed by atoms with Gasteiger partial charge in [-0.1, -0.05) is 0 Å². The Morgan fingerprint density at radius 2 is 2.00 bits per heavy atom. The number of carbonyl (C=O) groups is 2. The van der Waals surface area contributed by atoms with Crippen LogP contribution in [0.1, 0.15) is 23.2 Å².